The average Bonchev–Trinajstić information content (AvgIpc) is 3.15. The number of hydrogen-bond acceptors (Lipinski definition) is 3. The van der Waals surface area contributed by atoms with E-state index in [0.717, 1.165) is 15.5 Å². The van der Waals surface area contributed by atoms with Gasteiger partial charge in [0, 0.05) is 16.9 Å². The predicted molar refractivity (Wildman–Crippen MR) is 77.0 cm³/mol. The molecule has 18 heavy (non-hydrogen) atoms. The van der Waals surface area contributed by atoms with Crippen LogP contribution in [0.15, 0.2) is 44.9 Å². The molecule has 0 unspecified atom stereocenters. The van der Waals surface area contributed by atoms with E-state index in [1.165, 1.54) is 23.3 Å². The van der Waals surface area contributed by atoms with Crippen LogP contribution in [0.1, 0.15) is 30.1 Å². The Hall–Kier alpha value is -0.870. The molecule has 2 nitrogen and oxygen atoms in total. The summed E-state index contributed by atoms with van der Waals surface area (Å²) in [6.07, 6.45) is 2.45. The fourth-order valence-electron chi connectivity index (χ4n) is 1.72. The lowest BCUT2D eigenvalue weighted by molar-refractivity contribution is 0.866. The Morgan fingerprint density at radius 2 is 1.89 bits per heavy atom. The van der Waals surface area contributed by atoms with Crippen molar-refractivity contribution < 1.29 is 0 Å². The van der Waals surface area contributed by atoms with Crippen LogP contribution < -0.4 is 0 Å². The Morgan fingerprint density at radius 3 is 2.56 bits per heavy atom. The normalized spacial score (nSPS) is 14.8. The molecule has 4 heteroatoms. The van der Waals surface area contributed by atoms with Crippen molar-refractivity contribution in [3.05, 3.63) is 46.3 Å². The van der Waals surface area contributed by atoms with Crippen molar-refractivity contribution in [2.45, 2.75) is 35.6 Å². The zero-order chi connectivity index (χ0) is 12.5. The van der Waals surface area contributed by atoms with Gasteiger partial charge in [-0.3, -0.25) is 0 Å². The second-order valence-corrected chi connectivity index (χ2v) is 6.48. The third-order valence-electron chi connectivity index (χ3n) is 2.87. The molecular formula is C14H13BrN2S. The highest BCUT2D eigenvalue weighted by Crippen LogP contribution is 2.39. The summed E-state index contributed by atoms with van der Waals surface area (Å²) in [4.78, 5) is 10.3. The summed E-state index contributed by atoms with van der Waals surface area (Å²) in [5.41, 5.74) is 1.28. The number of benzene rings is 1. The highest BCUT2D eigenvalue weighted by atomic mass is 79.9. The summed E-state index contributed by atoms with van der Waals surface area (Å²) in [6, 6.07) is 10.5. The number of aryl methyl sites for hydroxylation is 1. The maximum absolute atomic E-state index is 4.64. The Morgan fingerprint density at radius 1 is 1.17 bits per heavy atom. The quantitative estimate of drug-likeness (QED) is 0.774. The molecule has 0 radical (unpaired) electrons. The molecule has 1 aliphatic rings. The van der Waals surface area contributed by atoms with Gasteiger partial charge in [0.05, 0.1) is 0 Å². The molecule has 1 saturated carbocycles. The minimum Gasteiger partial charge on any atom is -0.226 e. The van der Waals surface area contributed by atoms with Gasteiger partial charge < -0.3 is 0 Å². The molecule has 0 atom stereocenters. The Kier molecular flexibility index (Phi) is 3.39. The standard InChI is InChI=1S/C14H13BrN2S/c1-9-2-6-11(7-3-9)18-13-8-12(15)16-14(17-13)10-4-5-10/h2-3,6-8,10H,4-5H2,1H3. The minimum absolute atomic E-state index is 0.583. The average molecular weight is 321 g/mol. The van der Waals surface area contributed by atoms with Crippen molar-refractivity contribution in [2.24, 2.45) is 0 Å². The van der Waals surface area contributed by atoms with Crippen LogP contribution in [0.3, 0.4) is 0 Å². The molecule has 3 rings (SSSR count). The molecule has 1 aliphatic carbocycles. The van der Waals surface area contributed by atoms with Crippen LogP contribution in [-0.2, 0) is 0 Å². The van der Waals surface area contributed by atoms with Crippen LogP contribution >= 0.6 is 27.7 Å². The highest BCUT2D eigenvalue weighted by Gasteiger charge is 2.27. The Labute approximate surface area is 119 Å². The molecule has 0 spiro atoms. The first kappa shape index (κ1) is 12.2. The molecule has 0 aliphatic heterocycles. The van der Waals surface area contributed by atoms with Gasteiger partial charge in [0.25, 0.3) is 0 Å². The molecule has 1 aromatic carbocycles. The summed E-state index contributed by atoms with van der Waals surface area (Å²) >= 11 is 5.16. The van der Waals surface area contributed by atoms with Crippen molar-refractivity contribution in [2.75, 3.05) is 0 Å². The number of nitrogens with zero attached hydrogens (tertiary/aromatic N) is 2. The van der Waals surface area contributed by atoms with Crippen LogP contribution in [0.5, 0.6) is 0 Å². The van der Waals surface area contributed by atoms with Gasteiger partial charge in [-0.2, -0.15) is 0 Å². The van der Waals surface area contributed by atoms with E-state index in [1.54, 1.807) is 11.8 Å². The van der Waals surface area contributed by atoms with Crippen molar-refractivity contribution in [3.63, 3.8) is 0 Å². The first-order valence-corrected chi connectivity index (χ1v) is 7.61. The van der Waals surface area contributed by atoms with Crippen LogP contribution in [0.4, 0.5) is 0 Å². The van der Waals surface area contributed by atoms with Crippen molar-refractivity contribution >= 4 is 27.7 Å². The molecule has 1 aromatic heterocycles. The van der Waals surface area contributed by atoms with Crippen molar-refractivity contribution in [1.82, 2.24) is 9.97 Å². The van der Waals surface area contributed by atoms with Gasteiger partial charge in [0.15, 0.2) is 0 Å². The van der Waals surface area contributed by atoms with Gasteiger partial charge in [-0.1, -0.05) is 29.5 Å². The maximum Gasteiger partial charge on any atom is 0.134 e. The third kappa shape index (κ3) is 2.93. The van der Waals surface area contributed by atoms with Gasteiger partial charge in [-0.15, -0.1) is 0 Å². The summed E-state index contributed by atoms with van der Waals surface area (Å²) in [5, 5.41) is 1.02. The van der Waals surface area contributed by atoms with Crippen molar-refractivity contribution in [1.29, 1.82) is 0 Å². The van der Waals surface area contributed by atoms with Crippen molar-refractivity contribution in [3.8, 4) is 0 Å². The molecule has 1 fully saturated rings. The molecule has 0 amide bonds. The van der Waals surface area contributed by atoms with Crippen LogP contribution in [0.25, 0.3) is 0 Å². The van der Waals surface area contributed by atoms with Gasteiger partial charge in [0.2, 0.25) is 0 Å². The van der Waals surface area contributed by atoms with Gasteiger partial charge >= 0.3 is 0 Å². The minimum atomic E-state index is 0.583. The van der Waals surface area contributed by atoms with E-state index in [-0.39, 0.29) is 0 Å². The lowest BCUT2D eigenvalue weighted by Gasteiger charge is -2.04. The lowest BCUT2D eigenvalue weighted by atomic mass is 10.2. The zero-order valence-electron chi connectivity index (χ0n) is 10.1. The number of halogens is 1. The summed E-state index contributed by atoms with van der Waals surface area (Å²) in [7, 11) is 0. The summed E-state index contributed by atoms with van der Waals surface area (Å²) in [6.45, 7) is 2.10. The summed E-state index contributed by atoms with van der Waals surface area (Å²) < 4.78 is 0.883. The van der Waals surface area contributed by atoms with E-state index in [1.807, 2.05) is 6.07 Å². The van der Waals surface area contributed by atoms with Crippen LogP contribution in [0.2, 0.25) is 0 Å². The van der Waals surface area contributed by atoms with E-state index in [0.29, 0.717) is 5.92 Å². The lowest BCUT2D eigenvalue weighted by Crippen LogP contribution is -1.94. The molecule has 2 aromatic rings. The monoisotopic (exact) mass is 320 g/mol. The first-order chi connectivity index (χ1) is 8.70. The molecule has 0 N–H and O–H groups in total. The number of hydrogen-bond donors (Lipinski definition) is 0. The fourth-order valence-corrected chi connectivity index (χ4v) is 3.09. The molecule has 0 saturated heterocycles. The van der Waals surface area contributed by atoms with E-state index < -0.39 is 0 Å². The first-order valence-electron chi connectivity index (χ1n) is 6.00. The Balaban J connectivity index is 1.85. The van der Waals surface area contributed by atoms with Gasteiger partial charge in [-0.05, 0) is 47.8 Å². The van der Waals surface area contributed by atoms with Crippen LogP contribution in [-0.4, -0.2) is 9.97 Å². The smallest absolute Gasteiger partial charge is 0.134 e. The molecule has 92 valence electrons. The third-order valence-corrected chi connectivity index (χ3v) is 4.21. The molecule has 1 heterocycles. The van der Waals surface area contributed by atoms with Crippen LogP contribution in [0, 0.1) is 6.92 Å². The van der Waals surface area contributed by atoms with E-state index in [2.05, 4.69) is 57.1 Å². The van der Waals surface area contributed by atoms with Gasteiger partial charge in [0.1, 0.15) is 15.5 Å². The Bertz CT molecular complexity index is 565. The number of rotatable bonds is 3. The topological polar surface area (TPSA) is 25.8 Å². The van der Waals surface area contributed by atoms with E-state index >= 15 is 0 Å². The SMILES string of the molecule is Cc1ccc(Sc2cc(Br)nc(C3CC3)n2)cc1. The fraction of sp³-hybridized carbons (Fsp3) is 0.286. The largest absolute Gasteiger partial charge is 0.226 e. The number of aromatic nitrogens is 2. The summed E-state index contributed by atoms with van der Waals surface area (Å²) in [5.74, 6) is 1.57. The second-order valence-electron chi connectivity index (χ2n) is 4.58. The van der Waals surface area contributed by atoms with E-state index in [4.69, 9.17) is 0 Å². The van der Waals surface area contributed by atoms with E-state index in [9.17, 15) is 0 Å². The zero-order valence-corrected chi connectivity index (χ0v) is 12.5. The highest BCUT2D eigenvalue weighted by molar-refractivity contribution is 9.10. The molecular weight excluding hydrogens is 308 g/mol. The second kappa shape index (κ2) is 5.02. The maximum atomic E-state index is 4.64. The molecule has 0 bridgehead atoms. The predicted octanol–water partition coefficient (Wildman–Crippen LogP) is 4.58. The van der Waals surface area contributed by atoms with Gasteiger partial charge in [-0.25, -0.2) is 9.97 Å².